The molecule has 0 unspecified atom stereocenters. The van der Waals surface area contributed by atoms with Gasteiger partial charge in [0.05, 0.1) is 11.9 Å². The van der Waals surface area contributed by atoms with E-state index in [0.29, 0.717) is 0 Å². The maximum atomic E-state index is 10.5. The lowest BCUT2D eigenvalue weighted by Gasteiger charge is -2.18. The minimum atomic E-state index is -0.902. The van der Waals surface area contributed by atoms with Crippen LogP contribution < -0.4 is 0 Å². The molecule has 0 radical (unpaired) electrons. The first-order chi connectivity index (χ1) is 8.15. The molecular weight excluding hydrogens is 220 g/mol. The van der Waals surface area contributed by atoms with Crippen molar-refractivity contribution in [1.29, 1.82) is 0 Å². The molecule has 0 fully saturated rings. The van der Waals surface area contributed by atoms with Crippen LogP contribution in [-0.2, 0) is 17.9 Å². The topological polar surface area (TPSA) is 71.2 Å². The molecule has 0 amide bonds. The highest BCUT2D eigenvalue weighted by Crippen LogP contribution is 2.02. The summed E-state index contributed by atoms with van der Waals surface area (Å²) in [4.78, 5) is 12.8. The van der Waals surface area contributed by atoms with Gasteiger partial charge >= 0.3 is 5.97 Å². The summed E-state index contributed by atoms with van der Waals surface area (Å²) in [5, 5.41) is 16.4. The summed E-state index contributed by atoms with van der Waals surface area (Å²) in [6, 6.07) is 0. The number of aromatic nitrogens is 3. The SMILES string of the molecule is CCCN(CCC)Cc1cn(CC(=O)O)nn1. The zero-order valence-corrected chi connectivity index (χ0v) is 10.5. The summed E-state index contributed by atoms with van der Waals surface area (Å²) >= 11 is 0. The van der Waals surface area contributed by atoms with Gasteiger partial charge in [-0.05, 0) is 25.9 Å². The second-order valence-electron chi connectivity index (χ2n) is 4.08. The average molecular weight is 240 g/mol. The van der Waals surface area contributed by atoms with E-state index in [4.69, 9.17) is 5.11 Å². The average Bonchev–Trinajstić information content (AvgIpc) is 2.65. The number of hydrogen-bond donors (Lipinski definition) is 1. The first-order valence-corrected chi connectivity index (χ1v) is 5.98. The molecule has 1 aromatic heterocycles. The Balaban J connectivity index is 2.53. The van der Waals surface area contributed by atoms with E-state index in [1.165, 1.54) is 4.68 Å². The molecule has 0 saturated heterocycles. The van der Waals surface area contributed by atoms with Crippen LogP contribution in [0, 0.1) is 0 Å². The zero-order valence-electron chi connectivity index (χ0n) is 10.5. The van der Waals surface area contributed by atoms with Crippen molar-refractivity contribution in [3.05, 3.63) is 11.9 Å². The Morgan fingerprint density at radius 2 is 2.06 bits per heavy atom. The highest BCUT2D eigenvalue weighted by molar-refractivity contribution is 5.66. The molecule has 0 bridgehead atoms. The Hall–Kier alpha value is -1.43. The van der Waals surface area contributed by atoms with Crippen LogP contribution in [-0.4, -0.2) is 44.1 Å². The van der Waals surface area contributed by atoms with Crippen LogP contribution in [0.25, 0.3) is 0 Å². The molecule has 6 nitrogen and oxygen atoms in total. The first kappa shape index (κ1) is 13.6. The normalized spacial score (nSPS) is 11.0. The monoisotopic (exact) mass is 240 g/mol. The highest BCUT2D eigenvalue weighted by atomic mass is 16.4. The predicted octanol–water partition coefficient (Wildman–Crippen LogP) is 0.985. The molecule has 0 spiro atoms. The van der Waals surface area contributed by atoms with E-state index in [9.17, 15) is 4.79 Å². The van der Waals surface area contributed by atoms with E-state index in [0.717, 1.165) is 38.2 Å². The van der Waals surface area contributed by atoms with Crippen LogP contribution >= 0.6 is 0 Å². The maximum Gasteiger partial charge on any atom is 0.325 e. The number of aliphatic carboxylic acids is 1. The number of rotatable bonds is 8. The Morgan fingerprint density at radius 1 is 1.41 bits per heavy atom. The van der Waals surface area contributed by atoms with Gasteiger partial charge in [-0.25, -0.2) is 4.68 Å². The number of carbonyl (C=O) groups is 1. The fourth-order valence-electron chi connectivity index (χ4n) is 1.76. The van der Waals surface area contributed by atoms with E-state index in [1.807, 2.05) is 0 Å². The summed E-state index contributed by atoms with van der Waals surface area (Å²) in [5.74, 6) is -0.902. The largest absolute Gasteiger partial charge is 0.480 e. The van der Waals surface area contributed by atoms with Gasteiger partial charge in [0, 0.05) is 6.54 Å². The van der Waals surface area contributed by atoms with E-state index in [2.05, 4.69) is 29.1 Å². The minimum Gasteiger partial charge on any atom is -0.480 e. The summed E-state index contributed by atoms with van der Waals surface area (Å²) in [7, 11) is 0. The van der Waals surface area contributed by atoms with Gasteiger partial charge in [-0.15, -0.1) is 5.10 Å². The predicted molar refractivity (Wildman–Crippen MR) is 63.5 cm³/mol. The third-order valence-electron chi connectivity index (χ3n) is 2.35. The van der Waals surface area contributed by atoms with Gasteiger partial charge in [0.1, 0.15) is 6.54 Å². The lowest BCUT2D eigenvalue weighted by molar-refractivity contribution is -0.137. The Kier molecular flexibility index (Phi) is 5.62. The van der Waals surface area contributed by atoms with Crippen LogP contribution in [0.15, 0.2) is 6.20 Å². The molecule has 6 heteroatoms. The van der Waals surface area contributed by atoms with Crippen molar-refractivity contribution in [2.45, 2.75) is 39.8 Å². The molecule has 1 rings (SSSR count). The van der Waals surface area contributed by atoms with Gasteiger partial charge in [0.2, 0.25) is 0 Å². The molecule has 1 heterocycles. The van der Waals surface area contributed by atoms with Crippen molar-refractivity contribution < 1.29 is 9.90 Å². The van der Waals surface area contributed by atoms with Gasteiger partial charge in [0.25, 0.3) is 0 Å². The van der Waals surface area contributed by atoms with E-state index >= 15 is 0 Å². The number of carboxylic acid groups (broad SMARTS) is 1. The van der Waals surface area contributed by atoms with Crippen LogP contribution in [0.4, 0.5) is 0 Å². The van der Waals surface area contributed by atoms with Gasteiger partial charge < -0.3 is 5.11 Å². The van der Waals surface area contributed by atoms with Gasteiger partial charge in [-0.1, -0.05) is 19.1 Å². The molecule has 0 saturated carbocycles. The highest BCUT2D eigenvalue weighted by Gasteiger charge is 2.08. The molecule has 0 aliphatic heterocycles. The van der Waals surface area contributed by atoms with E-state index in [1.54, 1.807) is 6.20 Å². The van der Waals surface area contributed by atoms with Crippen molar-refractivity contribution in [3.63, 3.8) is 0 Å². The molecule has 0 atom stereocenters. The molecule has 0 aliphatic carbocycles. The standard InChI is InChI=1S/C11H20N4O2/c1-3-5-14(6-4-2)7-10-8-15(13-12-10)9-11(16)17/h8H,3-7,9H2,1-2H3,(H,16,17). The van der Waals surface area contributed by atoms with Crippen LogP contribution in [0.1, 0.15) is 32.4 Å². The van der Waals surface area contributed by atoms with E-state index in [-0.39, 0.29) is 6.54 Å². The lowest BCUT2D eigenvalue weighted by atomic mass is 10.3. The van der Waals surface area contributed by atoms with E-state index < -0.39 is 5.97 Å². The second kappa shape index (κ2) is 7.01. The third-order valence-corrected chi connectivity index (χ3v) is 2.35. The van der Waals surface area contributed by atoms with Gasteiger partial charge in [-0.2, -0.15) is 0 Å². The number of nitrogens with zero attached hydrogens (tertiary/aromatic N) is 4. The van der Waals surface area contributed by atoms with Gasteiger partial charge in [0.15, 0.2) is 0 Å². The van der Waals surface area contributed by atoms with Gasteiger partial charge in [-0.3, -0.25) is 9.69 Å². The summed E-state index contributed by atoms with van der Waals surface area (Å²) in [6.07, 6.45) is 3.90. The summed E-state index contributed by atoms with van der Waals surface area (Å²) in [5.41, 5.74) is 0.827. The summed E-state index contributed by atoms with van der Waals surface area (Å²) in [6.45, 7) is 6.95. The quantitative estimate of drug-likeness (QED) is 0.733. The molecular formula is C11H20N4O2. The number of carboxylic acids is 1. The molecule has 1 aromatic rings. The molecule has 17 heavy (non-hydrogen) atoms. The second-order valence-corrected chi connectivity index (χ2v) is 4.08. The van der Waals surface area contributed by atoms with Crippen molar-refractivity contribution in [2.75, 3.05) is 13.1 Å². The van der Waals surface area contributed by atoms with Crippen LogP contribution in [0.5, 0.6) is 0 Å². The zero-order chi connectivity index (χ0) is 12.7. The molecule has 0 aliphatic rings. The lowest BCUT2D eigenvalue weighted by Crippen LogP contribution is -2.25. The smallest absolute Gasteiger partial charge is 0.325 e. The Labute approximate surface area is 101 Å². The third kappa shape index (κ3) is 4.95. The fraction of sp³-hybridized carbons (Fsp3) is 0.727. The molecule has 0 aromatic carbocycles. The maximum absolute atomic E-state index is 10.5. The van der Waals surface area contributed by atoms with Crippen molar-refractivity contribution in [3.8, 4) is 0 Å². The van der Waals surface area contributed by atoms with Crippen LogP contribution in [0.2, 0.25) is 0 Å². The van der Waals surface area contributed by atoms with Crippen molar-refractivity contribution in [2.24, 2.45) is 0 Å². The van der Waals surface area contributed by atoms with Crippen molar-refractivity contribution in [1.82, 2.24) is 19.9 Å². The Bertz CT molecular complexity index is 345. The van der Waals surface area contributed by atoms with Crippen LogP contribution in [0.3, 0.4) is 0 Å². The molecule has 96 valence electrons. The molecule has 1 N–H and O–H groups in total. The minimum absolute atomic E-state index is 0.130. The fourth-order valence-corrected chi connectivity index (χ4v) is 1.76. The first-order valence-electron chi connectivity index (χ1n) is 5.98. The van der Waals surface area contributed by atoms with Crippen molar-refractivity contribution >= 4 is 5.97 Å². The summed E-state index contributed by atoms with van der Waals surface area (Å²) < 4.78 is 1.35. The Morgan fingerprint density at radius 3 is 2.59 bits per heavy atom. The number of hydrogen-bond acceptors (Lipinski definition) is 4.